The van der Waals surface area contributed by atoms with Crippen molar-refractivity contribution in [2.45, 2.75) is 19.8 Å². The van der Waals surface area contributed by atoms with Crippen molar-refractivity contribution in [2.75, 3.05) is 6.54 Å². The Morgan fingerprint density at radius 3 is 2.92 bits per heavy atom. The average Bonchev–Trinajstić information content (AvgIpc) is 2.83. The van der Waals surface area contributed by atoms with E-state index in [1.54, 1.807) is 6.08 Å². The van der Waals surface area contributed by atoms with Crippen LogP contribution in [0.15, 0.2) is 29.2 Å². The normalized spacial score (nSPS) is 16.1. The monoisotopic (exact) mass is 406 g/mol. The van der Waals surface area contributed by atoms with Crippen LogP contribution in [0, 0.1) is 6.92 Å². The third-order valence-electron chi connectivity index (χ3n) is 3.88. The molecule has 0 unspecified atom stereocenters. The highest BCUT2D eigenvalue weighted by Gasteiger charge is 2.31. The van der Waals surface area contributed by atoms with E-state index in [9.17, 15) is 9.59 Å². The number of hydrogen-bond acceptors (Lipinski definition) is 5. The lowest BCUT2D eigenvalue weighted by Crippen LogP contribution is -2.29. The fourth-order valence-electron chi connectivity index (χ4n) is 2.61. The molecule has 134 valence electrons. The second kappa shape index (κ2) is 7.73. The molecule has 0 atom stereocenters. The molecule has 5 nitrogen and oxygen atoms in total. The molecular formula is C18H15ClN2O3S2. The molecule has 0 aliphatic carbocycles. The highest BCUT2D eigenvalue weighted by molar-refractivity contribution is 8.26. The molecule has 0 radical (unpaired) electrons. The van der Waals surface area contributed by atoms with E-state index >= 15 is 0 Å². The second-order valence-electron chi connectivity index (χ2n) is 5.90. The summed E-state index contributed by atoms with van der Waals surface area (Å²) in [5.74, 6) is -1.12. The van der Waals surface area contributed by atoms with Gasteiger partial charge in [0.25, 0.3) is 5.91 Å². The van der Waals surface area contributed by atoms with E-state index in [4.69, 9.17) is 28.9 Å². The van der Waals surface area contributed by atoms with Crippen molar-refractivity contribution >= 4 is 68.8 Å². The molecule has 0 spiro atoms. The first-order valence-corrected chi connectivity index (χ1v) is 9.49. The molecule has 1 aromatic heterocycles. The minimum atomic E-state index is -0.893. The van der Waals surface area contributed by atoms with Gasteiger partial charge < -0.3 is 5.11 Å². The molecule has 1 aliphatic heterocycles. The number of thioether (sulfide) groups is 1. The minimum absolute atomic E-state index is 0.00409. The zero-order valence-corrected chi connectivity index (χ0v) is 16.2. The SMILES string of the molecule is Cc1ccc2nc(Cl)c(/C=C3\SC(=S)N(CCCC(=O)O)C3=O)cc2c1. The number of fused-ring (bicyclic) bond motifs is 1. The summed E-state index contributed by atoms with van der Waals surface area (Å²) in [5, 5.41) is 9.99. The van der Waals surface area contributed by atoms with E-state index < -0.39 is 5.97 Å². The molecule has 1 aliphatic rings. The van der Waals surface area contributed by atoms with Crippen LogP contribution >= 0.6 is 35.6 Å². The topological polar surface area (TPSA) is 70.5 Å². The lowest BCUT2D eigenvalue weighted by molar-refractivity contribution is -0.137. The van der Waals surface area contributed by atoms with Crippen molar-refractivity contribution in [1.29, 1.82) is 0 Å². The number of nitrogens with zero attached hydrogens (tertiary/aromatic N) is 2. The molecule has 26 heavy (non-hydrogen) atoms. The molecule has 2 heterocycles. The number of amides is 1. The standard InChI is InChI=1S/C18H15ClN2O3S2/c1-10-4-5-13-11(7-10)8-12(16(19)20-13)9-14-17(24)21(18(25)26-14)6-2-3-15(22)23/h4-5,7-9H,2-3,6H2,1H3,(H,22,23)/b14-9-. The summed E-state index contributed by atoms with van der Waals surface area (Å²) in [7, 11) is 0. The maximum Gasteiger partial charge on any atom is 0.303 e. The van der Waals surface area contributed by atoms with Crippen LogP contribution in [0.25, 0.3) is 17.0 Å². The lowest BCUT2D eigenvalue weighted by atomic mass is 10.1. The summed E-state index contributed by atoms with van der Waals surface area (Å²) >= 11 is 12.7. The molecule has 1 fully saturated rings. The molecule has 1 N–H and O–H groups in total. The molecule has 1 aromatic carbocycles. The number of hydrogen-bond donors (Lipinski definition) is 1. The Balaban J connectivity index is 1.86. The fraction of sp³-hybridized carbons (Fsp3) is 0.222. The van der Waals surface area contributed by atoms with Crippen molar-refractivity contribution in [2.24, 2.45) is 0 Å². The maximum atomic E-state index is 12.6. The van der Waals surface area contributed by atoms with E-state index in [1.807, 2.05) is 31.2 Å². The Labute approximate surface area is 165 Å². The number of aliphatic carboxylic acids is 1. The van der Waals surface area contributed by atoms with E-state index in [0.29, 0.717) is 26.4 Å². The summed E-state index contributed by atoms with van der Waals surface area (Å²) < 4.78 is 0.423. The highest BCUT2D eigenvalue weighted by atomic mass is 35.5. The first kappa shape index (κ1) is 18.8. The van der Waals surface area contributed by atoms with Gasteiger partial charge in [0, 0.05) is 23.9 Å². The van der Waals surface area contributed by atoms with Crippen LogP contribution < -0.4 is 0 Å². The second-order valence-corrected chi connectivity index (χ2v) is 7.93. The Bertz CT molecular complexity index is 959. The van der Waals surface area contributed by atoms with E-state index in [-0.39, 0.29) is 18.9 Å². The van der Waals surface area contributed by atoms with Crippen molar-refractivity contribution in [1.82, 2.24) is 9.88 Å². The Hall–Kier alpha value is -1.96. The van der Waals surface area contributed by atoms with Crippen molar-refractivity contribution in [3.05, 3.63) is 45.5 Å². The van der Waals surface area contributed by atoms with E-state index in [0.717, 1.165) is 16.5 Å². The molecule has 0 saturated carbocycles. The molecule has 3 rings (SSSR count). The fourth-order valence-corrected chi connectivity index (χ4v) is 4.11. The van der Waals surface area contributed by atoms with Gasteiger partial charge in [0.1, 0.15) is 9.47 Å². The summed E-state index contributed by atoms with van der Waals surface area (Å²) in [5.41, 5.74) is 2.55. The first-order chi connectivity index (χ1) is 12.3. The number of pyridine rings is 1. The Morgan fingerprint density at radius 2 is 2.19 bits per heavy atom. The van der Waals surface area contributed by atoms with Gasteiger partial charge in [0.05, 0.1) is 10.4 Å². The van der Waals surface area contributed by atoms with Crippen molar-refractivity contribution in [3.63, 3.8) is 0 Å². The molecule has 0 bridgehead atoms. The van der Waals surface area contributed by atoms with Gasteiger partial charge in [-0.2, -0.15) is 0 Å². The van der Waals surface area contributed by atoms with Crippen LogP contribution in [0.3, 0.4) is 0 Å². The number of benzene rings is 1. The highest BCUT2D eigenvalue weighted by Crippen LogP contribution is 2.34. The van der Waals surface area contributed by atoms with Crippen LogP contribution in [0.1, 0.15) is 24.0 Å². The van der Waals surface area contributed by atoms with Crippen molar-refractivity contribution in [3.8, 4) is 0 Å². The van der Waals surface area contributed by atoms with Gasteiger partial charge in [-0.1, -0.05) is 47.2 Å². The smallest absolute Gasteiger partial charge is 0.303 e. The predicted octanol–water partition coefficient (Wildman–Crippen LogP) is 4.26. The van der Waals surface area contributed by atoms with Gasteiger partial charge in [0.15, 0.2) is 0 Å². The zero-order valence-electron chi connectivity index (χ0n) is 13.9. The van der Waals surface area contributed by atoms with E-state index in [1.165, 1.54) is 16.7 Å². The zero-order chi connectivity index (χ0) is 18.8. The van der Waals surface area contributed by atoms with Crippen LogP contribution in [0.4, 0.5) is 0 Å². The first-order valence-electron chi connectivity index (χ1n) is 7.89. The molecule has 8 heteroatoms. The molecular weight excluding hydrogens is 392 g/mol. The number of carbonyl (C=O) groups is 2. The van der Waals surface area contributed by atoms with Crippen LogP contribution in [-0.4, -0.2) is 37.7 Å². The van der Waals surface area contributed by atoms with Gasteiger partial charge in [0.2, 0.25) is 0 Å². The third kappa shape index (κ3) is 4.06. The number of halogens is 1. The summed E-state index contributed by atoms with van der Waals surface area (Å²) in [6.45, 7) is 2.28. The number of carbonyl (C=O) groups excluding carboxylic acids is 1. The quantitative estimate of drug-likeness (QED) is 0.454. The summed E-state index contributed by atoms with van der Waals surface area (Å²) in [6.07, 6.45) is 2.04. The summed E-state index contributed by atoms with van der Waals surface area (Å²) in [6, 6.07) is 7.78. The number of aryl methyl sites for hydroxylation is 1. The number of aromatic nitrogens is 1. The maximum absolute atomic E-state index is 12.6. The largest absolute Gasteiger partial charge is 0.481 e. The van der Waals surface area contributed by atoms with Gasteiger partial charge in [-0.15, -0.1) is 0 Å². The number of thiocarbonyl (C=S) groups is 1. The minimum Gasteiger partial charge on any atom is -0.481 e. The van der Waals surface area contributed by atoms with Gasteiger partial charge in [-0.25, -0.2) is 4.98 Å². The predicted molar refractivity (Wildman–Crippen MR) is 108 cm³/mol. The van der Waals surface area contributed by atoms with Crippen molar-refractivity contribution < 1.29 is 14.7 Å². The lowest BCUT2D eigenvalue weighted by Gasteiger charge is -2.13. The molecule has 2 aromatic rings. The van der Waals surface area contributed by atoms with Gasteiger partial charge >= 0.3 is 5.97 Å². The number of rotatable bonds is 5. The van der Waals surface area contributed by atoms with Gasteiger partial charge in [-0.3, -0.25) is 14.5 Å². The third-order valence-corrected chi connectivity index (χ3v) is 5.56. The number of carboxylic acids is 1. The van der Waals surface area contributed by atoms with E-state index in [2.05, 4.69) is 4.98 Å². The Morgan fingerprint density at radius 1 is 1.42 bits per heavy atom. The molecule has 1 saturated heterocycles. The van der Waals surface area contributed by atoms with Crippen LogP contribution in [0.2, 0.25) is 5.15 Å². The summed E-state index contributed by atoms with van der Waals surface area (Å²) in [4.78, 5) is 29.5. The average molecular weight is 407 g/mol. The number of carboxylic acid groups (broad SMARTS) is 1. The Kier molecular flexibility index (Phi) is 5.60. The van der Waals surface area contributed by atoms with Crippen LogP contribution in [-0.2, 0) is 9.59 Å². The molecule has 1 amide bonds. The van der Waals surface area contributed by atoms with Gasteiger partial charge in [-0.05, 0) is 37.6 Å². The van der Waals surface area contributed by atoms with Crippen LogP contribution in [0.5, 0.6) is 0 Å².